The molecule has 1 atom stereocenters. The molecule has 0 aliphatic carbocycles. The molecule has 0 saturated carbocycles. The van der Waals surface area contributed by atoms with Gasteiger partial charge in [-0.05, 0) is 25.0 Å². The summed E-state index contributed by atoms with van der Waals surface area (Å²) in [6, 6.07) is 8.09. The summed E-state index contributed by atoms with van der Waals surface area (Å²) in [7, 11) is 0. The lowest BCUT2D eigenvalue weighted by Gasteiger charge is -2.27. The Balaban J connectivity index is 1.41. The van der Waals surface area contributed by atoms with Crippen molar-refractivity contribution in [1.82, 2.24) is 19.9 Å². The third kappa shape index (κ3) is 3.57. The number of ether oxygens (including phenoxy) is 1. The zero-order valence-corrected chi connectivity index (χ0v) is 17.3. The third-order valence-electron chi connectivity index (χ3n) is 5.06. The second kappa shape index (κ2) is 7.92. The maximum atomic E-state index is 9.50. The largest absolute Gasteiger partial charge is 0.484 e. The molecular weight excluding hydrogens is 400 g/mol. The molecule has 5 rings (SSSR count). The lowest BCUT2D eigenvalue weighted by Crippen LogP contribution is -2.35. The fourth-order valence-electron chi connectivity index (χ4n) is 3.55. The highest BCUT2D eigenvalue weighted by molar-refractivity contribution is 7.14. The van der Waals surface area contributed by atoms with Gasteiger partial charge in [0.05, 0.1) is 22.5 Å². The number of hydrogen-bond donors (Lipinski definition) is 4. The van der Waals surface area contributed by atoms with Gasteiger partial charge in [0.1, 0.15) is 6.61 Å². The van der Waals surface area contributed by atoms with Crippen molar-refractivity contribution in [2.45, 2.75) is 19.4 Å². The number of para-hydroxylation sites is 1. The fraction of sp³-hybridized carbons (Fsp3) is 0.286. The summed E-state index contributed by atoms with van der Waals surface area (Å²) in [5.74, 6) is 2.41. The van der Waals surface area contributed by atoms with Crippen LogP contribution >= 0.6 is 11.3 Å². The van der Waals surface area contributed by atoms with Crippen LogP contribution < -0.4 is 15.4 Å². The summed E-state index contributed by atoms with van der Waals surface area (Å²) in [6.07, 6.45) is 4.67. The Kier molecular flexibility index (Phi) is 4.97. The number of H-pyrrole nitrogens is 1. The molecule has 0 unspecified atom stereocenters. The van der Waals surface area contributed by atoms with E-state index in [1.54, 1.807) is 17.5 Å². The maximum Gasteiger partial charge on any atom is 0.204 e. The van der Waals surface area contributed by atoms with Gasteiger partial charge < -0.3 is 25.5 Å². The number of aliphatic hydroxyl groups excluding tert-OH is 1. The van der Waals surface area contributed by atoms with Crippen molar-refractivity contribution in [2.24, 2.45) is 0 Å². The Morgan fingerprint density at radius 1 is 1.30 bits per heavy atom. The van der Waals surface area contributed by atoms with Gasteiger partial charge in [-0.25, -0.2) is 15.0 Å². The molecule has 1 aromatic carbocycles. The van der Waals surface area contributed by atoms with E-state index >= 15 is 0 Å². The number of aliphatic hydroxyl groups is 1. The highest BCUT2D eigenvalue weighted by Gasteiger charge is 2.25. The Labute approximate surface area is 177 Å². The van der Waals surface area contributed by atoms with E-state index < -0.39 is 0 Å². The van der Waals surface area contributed by atoms with Gasteiger partial charge in [0.2, 0.25) is 5.75 Å². The fourth-order valence-corrected chi connectivity index (χ4v) is 4.26. The van der Waals surface area contributed by atoms with Crippen LogP contribution in [-0.4, -0.2) is 50.8 Å². The number of aryl methyl sites for hydroxylation is 1. The third-order valence-corrected chi connectivity index (χ3v) is 5.97. The smallest absolute Gasteiger partial charge is 0.204 e. The number of aromatic nitrogens is 4. The molecule has 154 valence electrons. The van der Waals surface area contributed by atoms with Crippen molar-refractivity contribution in [2.75, 3.05) is 30.4 Å². The highest BCUT2D eigenvalue weighted by atomic mass is 32.1. The van der Waals surface area contributed by atoms with E-state index in [1.807, 2.05) is 19.1 Å². The lowest BCUT2D eigenvalue weighted by atomic mass is 10.1. The lowest BCUT2D eigenvalue weighted by molar-refractivity contribution is 0.207. The molecule has 8 nitrogen and oxygen atoms in total. The van der Waals surface area contributed by atoms with Crippen molar-refractivity contribution in [3.8, 4) is 16.5 Å². The molecule has 0 amide bonds. The minimum absolute atomic E-state index is 0.0260. The summed E-state index contributed by atoms with van der Waals surface area (Å²) in [6.45, 7) is 2.99. The van der Waals surface area contributed by atoms with E-state index in [2.05, 4.69) is 43.9 Å². The molecule has 9 heteroatoms. The molecule has 0 bridgehead atoms. The van der Waals surface area contributed by atoms with Crippen LogP contribution in [0.4, 0.5) is 11.6 Å². The Morgan fingerprint density at radius 3 is 3.03 bits per heavy atom. The van der Waals surface area contributed by atoms with Crippen molar-refractivity contribution >= 4 is 33.9 Å². The number of benzene rings is 1. The van der Waals surface area contributed by atoms with Crippen LogP contribution in [0.2, 0.25) is 0 Å². The Bertz CT molecular complexity index is 1190. The summed E-state index contributed by atoms with van der Waals surface area (Å²) in [4.78, 5) is 17.9. The first-order chi connectivity index (χ1) is 14.7. The topological polar surface area (TPSA) is 108 Å². The second-order valence-electron chi connectivity index (χ2n) is 7.19. The predicted molar refractivity (Wildman–Crippen MR) is 118 cm³/mol. The summed E-state index contributed by atoms with van der Waals surface area (Å²) >= 11 is 1.54. The van der Waals surface area contributed by atoms with Crippen LogP contribution in [0.25, 0.3) is 21.6 Å². The average Bonchev–Trinajstić information content (AvgIpc) is 3.39. The first kappa shape index (κ1) is 18.8. The number of rotatable bonds is 6. The predicted octanol–water partition coefficient (Wildman–Crippen LogP) is 3.21. The molecule has 0 radical (unpaired) electrons. The van der Waals surface area contributed by atoms with Gasteiger partial charge in [-0.2, -0.15) is 0 Å². The summed E-state index contributed by atoms with van der Waals surface area (Å²) in [5, 5.41) is 18.3. The second-order valence-corrected chi connectivity index (χ2v) is 8.42. The number of thiazole rings is 1. The number of nitrogens with one attached hydrogen (secondary N) is 3. The molecule has 1 aliphatic rings. The minimum Gasteiger partial charge on any atom is -0.484 e. The summed E-state index contributed by atoms with van der Waals surface area (Å²) in [5.41, 5.74) is 2.39. The number of aromatic amines is 1. The van der Waals surface area contributed by atoms with Gasteiger partial charge in [0.25, 0.3) is 0 Å². The molecule has 1 aliphatic heterocycles. The zero-order valence-electron chi connectivity index (χ0n) is 16.5. The van der Waals surface area contributed by atoms with Crippen molar-refractivity contribution in [3.05, 3.63) is 47.2 Å². The molecule has 4 heterocycles. The van der Waals surface area contributed by atoms with Crippen LogP contribution in [0.1, 0.15) is 10.6 Å². The quantitative estimate of drug-likeness (QED) is 0.378. The standard InChI is InChI=1S/C21H22N6O2S/c1-12-23-9-17(30-12)19-26-20(18-21(27-19)25-14(10-28)11-29-18)22-7-6-13-8-24-16-5-3-2-4-15(13)16/h2-5,8-9,14,24,28H,6-7,10-11H2,1H3,(H2,22,25,26,27)/t14-/m1/s1. The van der Waals surface area contributed by atoms with Crippen LogP contribution in [-0.2, 0) is 6.42 Å². The van der Waals surface area contributed by atoms with E-state index in [-0.39, 0.29) is 12.6 Å². The normalized spacial score (nSPS) is 15.5. The van der Waals surface area contributed by atoms with Gasteiger partial charge in [0.15, 0.2) is 17.5 Å². The molecule has 0 saturated heterocycles. The molecule has 4 N–H and O–H groups in total. The first-order valence-electron chi connectivity index (χ1n) is 9.85. The van der Waals surface area contributed by atoms with Crippen molar-refractivity contribution in [3.63, 3.8) is 0 Å². The summed E-state index contributed by atoms with van der Waals surface area (Å²) < 4.78 is 5.88. The van der Waals surface area contributed by atoms with Crippen LogP contribution in [0.15, 0.2) is 36.7 Å². The van der Waals surface area contributed by atoms with Gasteiger partial charge >= 0.3 is 0 Å². The number of hydrogen-bond acceptors (Lipinski definition) is 8. The monoisotopic (exact) mass is 422 g/mol. The number of fused-ring (bicyclic) bond motifs is 2. The molecule has 4 aromatic rings. The van der Waals surface area contributed by atoms with E-state index in [0.717, 1.165) is 21.8 Å². The van der Waals surface area contributed by atoms with E-state index in [0.29, 0.717) is 36.4 Å². The minimum atomic E-state index is -0.192. The van der Waals surface area contributed by atoms with Crippen LogP contribution in [0.5, 0.6) is 5.75 Å². The Hall–Kier alpha value is -3.17. The van der Waals surface area contributed by atoms with Crippen molar-refractivity contribution in [1.29, 1.82) is 0 Å². The zero-order chi connectivity index (χ0) is 20.5. The average molecular weight is 423 g/mol. The van der Waals surface area contributed by atoms with Gasteiger partial charge in [-0.15, -0.1) is 11.3 Å². The number of anilines is 2. The first-order valence-corrected chi connectivity index (χ1v) is 10.7. The van der Waals surface area contributed by atoms with E-state index in [4.69, 9.17) is 9.72 Å². The van der Waals surface area contributed by atoms with E-state index in [9.17, 15) is 5.11 Å². The molecule has 0 fully saturated rings. The van der Waals surface area contributed by atoms with E-state index in [1.165, 1.54) is 10.9 Å². The van der Waals surface area contributed by atoms with Gasteiger partial charge in [0, 0.05) is 29.8 Å². The maximum absolute atomic E-state index is 9.50. The SMILES string of the molecule is Cc1ncc(-c2nc(NCCc3c[nH]c4ccccc34)c3c(n2)N[C@H](CO)CO3)s1. The Morgan fingerprint density at radius 2 is 2.20 bits per heavy atom. The highest BCUT2D eigenvalue weighted by Crippen LogP contribution is 2.37. The molecular formula is C21H22N6O2S. The van der Waals surface area contributed by atoms with Crippen LogP contribution in [0.3, 0.4) is 0 Å². The molecule has 0 spiro atoms. The number of nitrogens with zero attached hydrogens (tertiary/aromatic N) is 3. The molecule has 30 heavy (non-hydrogen) atoms. The van der Waals surface area contributed by atoms with Crippen LogP contribution in [0, 0.1) is 6.92 Å². The van der Waals surface area contributed by atoms with Crippen molar-refractivity contribution < 1.29 is 9.84 Å². The molecule has 3 aromatic heterocycles. The van der Waals surface area contributed by atoms with Gasteiger partial charge in [-0.1, -0.05) is 18.2 Å². The van der Waals surface area contributed by atoms with Gasteiger partial charge in [-0.3, -0.25) is 0 Å².